The molecule has 1 heterocycles. The van der Waals surface area contributed by atoms with Crippen LogP contribution in [-0.2, 0) is 6.42 Å². The lowest BCUT2D eigenvalue weighted by molar-refractivity contribution is 0.344. The van der Waals surface area contributed by atoms with Gasteiger partial charge in [0.2, 0.25) is 0 Å². The molecule has 1 rings (SSSR count). The molecule has 0 fully saturated rings. The molecule has 0 radical (unpaired) electrons. The van der Waals surface area contributed by atoms with Crippen molar-refractivity contribution in [1.29, 1.82) is 0 Å². The average Bonchev–Trinajstić information content (AvgIpc) is 2.33. The lowest BCUT2D eigenvalue weighted by Crippen LogP contribution is -2.29. The molecule has 19 heavy (non-hydrogen) atoms. The van der Waals surface area contributed by atoms with Crippen LogP contribution in [0.1, 0.15) is 70.0 Å². The number of hydrogen-bond donors (Lipinski definition) is 2. The summed E-state index contributed by atoms with van der Waals surface area (Å²) in [5.74, 6) is 5.73. The average molecular weight is 264 g/mol. The van der Waals surface area contributed by atoms with E-state index in [1.54, 1.807) is 0 Å². The van der Waals surface area contributed by atoms with Crippen molar-refractivity contribution in [2.45, 2.75) is 66.3 Å². The predicted octanol–water partition coefficient (Wildman–Crippen LogP) is 3.07. The highest BCUT2D eigenvalue weighted by Crippen LogP contribution is 2.27. The molecule has 1 aromatic heterocycles. The van der Waals surface area contributed by atoms with Crippen LogP contribution in [0.2, 0.25) is 0 Å². The third kappa shape index (κ3) is 5.25. The van der Waals surface area contributed by atoms with Gasteiger partial charge in [0.1, 0.15) is 0 Å². The zero-order valence-corrected chi connectivity index (χ0v) is 13.0. The van der Waals surface area contributed by atoms with E-state index in [0.717, 1.165) is 30.7 Å². The highest BCUT2D eigenvalue weighted by Gasteiger charge is 2.17. The van der Waals surface area contributed by atoms with Crippen LogP contribution in [0.25, 0.3) is 0 Å². The van der Waals surface area contributed by atoms with Gasteiger partial charge in [-0.1, -0.05) is 34.1 Å². The topological polar surface area (TPSA) is 63.8 Å². The fourth-order valence-electron chi connectivity index (χ4n) is 2.28. The normalized spacial score (nSPS) is 13.6. The summed E-state index contributed by atoms with van der Waals surface area (Å²) in [6, 6.07) is 2.28. The zero-order valence-electron chi connectivity index (χ0n) is 13.0. The molecular weight excluding hydrogens is 236 g/mol. The van der Waals surface area contributed by atoms with E-state index in [-0.39, 0.29) is 6.04 Å². The molecule has 1 unspecified atom stereocenters. The van der Waals surface area contributed by atoms with Gasteiger partial charge in [-0.25, -0.2) is 0 Å². The Balaban J connectivity index is 2.76. The van der Waals surface area contributed by atoms with Crippen LogP contribution in [0, 0.1) is 12.3 Å². The Kier molecular flexibility index (Phi) is 5.88. The smallest absolute Gasteiger partial charge is 0.0676 e. The van der Waals surface area contributed by atoms with E-state index >= 15 is 0 Å². The molecule has 0 aliphatic carbocycles. The lowest BCUT2D eigenvalue weighted by atomic mass is 9.88. The zero-order chi connectivity index (χ0) is 14.5. The summed E-state index contributed by atoms with van der Waals surface area (Å²) in [7, 11) is 0. The maximum Gasteiger partial charge on any atom is 0.0676 e. The lowest BCUT2D eigenvalue weighted by Gasteiger charge is -2.22. The molecule has 0 saturated carbocycles. The van der Waals surface area contributed by atoms with Crippen LogP contribution in [-0.4, -0.2) is 10.2 Å². The number of nitrogens with two attached hydrogens (primary N) is 1. The summed E-state index contributed by atoms with van der Waals surface area (Å²) >= 11 is 0. The third-order valence-electron chi connectivity index (χ3n) is 3.36. The maximum atomic E-state index is 5.73. The standard InChI is InChI=1S/C15H28N4/c1-6-13-12(10-11(2)18-19-13)14(17-16)8-7-9-15(3,4)5/h10,14,17H,6-9,16H2,1-5H3. The molecule has 0 spiro atoms. The minimum absolute atomic E-state index is 0.173. The van der Waals surface area contributed by atoms with Gasteiger partial charge in [-0.3, -0.25) is 11.3 Å². The molecule has 3 N–H and O–H groups in total. The van der Waals surface area contributed by atoms with Crippen LogP contribution in [0.3, 0.4) is 0 Å². The van der Waals surface area contributed by atoms with E-state index in [9.17, 15) is 0 Å². The van der Waals surface area contributed by atoms with E-state index < -0.39 is 0 Å². The fraction of sp³-hybridized carbons (Fsp3) is 0.733. The van der Waals surface area contributed by atoms with Crippen molar-refractivity contribution in [2.75, 3.05) is 0 Å². The van der Waals surface area contributed by atoms with Crippen LogP contribution in [0.4, 0.5) is 0 Å². The van der Waals surface area contributed by atoms with Crippen LogP contribution in [0.15, 0.2) is 6.07 Å². The van der Waals surface area contributed by atoms with E-state index in [1.165, 1.54) is 12.0 Å². The molecule has 4 heteroatoms. The van der Waals surface area contributed by atoms with Gasteiger partial charge < -0.3 is 0 Å². The van der Waals surface area contributed by atoms with Gasteiger partial charge >= 0.3 is 0 Å². The van der Waals surface area contributed by atoms with Crippen molar-refractivity contribution in [2.24, 2.45) is 11.3 Å². The molecule has 0 aliphatic rings. The number of hydrazine groups is 1. The number of hydrogen-bond acceptors (Lipinski definition) is 4. The first kappa shape index (κ1) is 16.1. The summed E-state index contributed by atoms with van der Waals surface area (Å²) in [5.41, 5.74) is 6.51. The van der Waals surface area contributed by atoms with Gasteiger partial charge in [-0.15, -0.1) is 0 Å². The maximum absolute atomic E-state index is 5.73. The molecule has 0 aromatic carbocycles. The van der Waals surface area contributed by atoms with E-state index in [2.05, 4.69) is 49.4 Å². The van der Waals surface area contributed by atoms with E-state index in [0.29, 0.717) is 5.41 Å². The molecule has 4 nitrogen and oxygen atoms in total. The first-order chi connectivity index (χ1) is 8.87. The molecule has 0 bridgehead atoms. The van der Waals surface area contributed by atoms with E-state index in [1.807, 2.05) is 6.92 Å². The second-order valence-electron chi connectivity index (χ2n) is 6.41. The molecule has 1 atom stereocenters. The van der Waals surface area contributed by atoms with Crippen molar-refractivity contribution in [3.8, 4) is 0 Å². The first-order valence-electron chi connectivity index (χ1n) is 7.16. The quantitative estimate of drug-likeness (QED) is 0.612. The molecule has 108 valence electrons. The van der Waals surface area contributed by atoms with Crippen molar-refractivity contribution in [3.63, 3.8) is 0 Å². The van der Waals surface area contributed by atoms with Crippen LogP contribution < -0.4 is 11.3 Å². The summed E-state index contributed by atoms with van der Waals surface area (Å²) < 4.78 is 0. The first-order valence-corrected chi connectivity index (χ1v) is 7.16. The second kappa shape index (κ2) is 6.96. The summed E-state index contributed by atoms with van der Waals surface area (Å²) in [6.45, 7) is 10.9. The number of rotatable bonds is 6. The largest absolute Gasteiger partial charge is 0.271 e. The molecule has 0 saturated heterocycles. The van der Waals surface area contributed by atoms with Gasteiger partial charge in [0.05, 0.1) is 11.4 Å². The number of nitrogens with zero attached hydrogens (tertiary/aromatic N) is 2. The number of aromatic nitrogens is 2. The molecule has 0 aliphatic heterocycles. The predicted molar refractivity (Wildman–Crippen MR) is 79.5 cm³/mol. The second-order valence-corrected chi connectivity index (χ2v) is 6.41. The number of nitrogens with one attached hydrogen (secondary N) is 1. The van der Waals surface area contributed by atoms with Gasteiger partial charge in [0, 0.05) is 6.04 Å². The van der Waals surface area contributed by atoms with Crippen LogP contribution in [0.5, 0.6) is 0 Å². The van der Waals surface area contributed by atoms with Gasteiger partial charge in [-0.2, -0.15) is 10.2 Å². The van der Waals surface area contributed by atoms with Gasteiger partial charge in [-0.05, 0) is 43.2 Å². The fourth-order valence-corrected chi connectivity index (χ4v) is 2.28. The minimum Gasteiger partial charge on any atom is -0.271 e. The number of aryl methyl sites for hydroxylation is 2. The Morgan fingerprint density at radius 3 is 2.53 bits per heavy atom. The summed E-state index contributed by atoms with van der Waals surface area (Å²) in [6.07, 6.45) is 4.28. The Morgan fingerprint density at radius 1 is 1.32 bits per heavy atom. The molecule has 0 amide bonds. The Hall–Kier alpha value is -1.00. The Labute approximate surface area is 117 Å². The SMILES string of the molecule is CCc1nnc(C)cc1C(CCCC(C)(C)C)NN. The molecular formula is C15H28N4. The molecule has 1 aromatic rings. The van der Waals surface area contributed by atoms with Crippen molar-refractivity contribution < 1.29 is 0 Å². The van der Waals surface area contributed by atoms with Gasteiger partial charge in [0.15, 0.2) is 0 Å². The minimum atomic E-state index is 0.173. The summed E-state index contributed by atoms with van der Waals surface area (Å²) in [4.78, 5) is 0. The van der Waals surface area contributed by atoms with Crippen molar-refractivity contribution in [1.82, 2.24) is 15.6 Å². The van der Waals surface area contributed by atoms with E-state index in [4.69, 9.17) is 5.84 Å². The Bertz CT molecular complexity index is 396. The monoisotopic (exact) mass is 264 g/mol. The highest BCUT2D eigenvalue weighted by molar-refractivity contribution is 5.24. The van der Waals surface area contributed by atoms with Crippen molar-refractivity contribution >= 4 is 0 Å². The Morgan fingerprint density at radius 2 is 2.00 bits per heavy atom. The third-order valence-corrected chi connectivity index (χ3v) is 3.36. The summed E-state index contributed by atoms with van der Waals surface area (Å²) in [5, 5.41) is 8.41. The highest BCUT2D eigenvalue weighted by atomic mass is 15.2. The van der Waals surface area contributed by atoms with Gasteiger partial charge in [0.25, 0.3) is 0 Å². The van der Waals surface area contributed by atoms with Crippen molar-refractivity contribution in [3.05, 3.63) is 23.0 Å². The van der Waals surface area contributed by atoms with Crippen LogP contribution >= 0.6 is 0 Å².